The van der Waals surface area contributed by atoms with Crippen molar-refractivity contribution in [3.8, 4) is 5.75 Å². The average Bonchev–Trinajstić information content (AvgIpc) is 2.76. The fourth-order valence-electron chi connectivity index (χ4n) is 3.06. The zero-order valence-electron chi connectivity index (χ0n) is 17.2. The second kappa shape index (κ2) is 11.9. The van der Waals surface area contributed by atoms with Crippen LogP contribution in [0.2, 0.25) is 0 Å². The minimum absolute atomic E-state index is 0. The van der Waals surface area contributed by atoms with Crippen molar-refractivity contribution in [3.63, 3.8) is 0 Å². The largest absolute Gasteiger partial charge is 0.484 e. The van der Waals surface area contributed by atoms with Crippen LogP contribution in [-0.2, 0) is 6.54 Å². The standard InChI is InChI=1S/C20H25F3N6O.HI/c1-2-24-18(28-9-11-29(12-10-28)19-25-7-4-8-26-19)27-14-16-5-3-6-17(13-16)30-15-20(21,22)23;/h3-8,13H,2,9-12,14-15H2,1H3,(H,24,27);1H. The monoisotopic (exact) mass is 550 g/mol. The molecule has 0 radical (unpaired) electrons. The van der Waals surface area contributed by atoms with Crippen LogP contribution in [0.1, 0.15) is 12.5 Å². The van der Waals surface area contributed by atoms with E-state index in [1.165, 1.54) is 6.07 Å². The Morgan fingerprint density at radius 3 is 2.48 bits per heavy atom. The van der Waals surface area contributed by atoms with Gasteiger partial charge in [0, 0.05) is 45.1 Å². The number of aromatic nitrogens is 2. The van der Waals surface area contributed by atoms with Crippen LogP contribution in [0.5, 0.6) is 5.75 Å². The van der Waals surface area contributed by atoms with Gasteiger partial charge >= 0.3 is 6.18 Å². The quantitative estimate of drug-likeness (QED) is 0.339. The van der Waals surface area contributed by atoms with E-state index in [9.17, 15) is 13.2 Å². The summed E-state index contributed by atoms with van der Waals surface area (Å²) < 4.78 is 41.9. The fourth-order valence-corrected chi connectivity index (χ4v) is 3.06. The first-order valence-electron chi connectivity index (χ1n) is 9.78. The summed E-state index contributed by atoms with van der Waals surface area (Å²) in [6, 6.07) is 8.37. The Hall–Kier alpha value is -2.31. The Morgan fingerprint density at radius 1 is 1.13 bits per heavy atom. The van der Waals surface area contributed by atoms with Crippen LogP contribution in [0.4, 0.5) is 19.1 Å². The molecule has 1 aliphatic heterocycles. The number of piperazine rings is 1. The Bertz CT molecular complexity index is 829. The van der Waals surface area contributed by atoms with Gasteiger partial charge in [-0.15, -0.1) is 24.0 Å². The number of guanidine groups is 1. The first kappa shape index (κ1) is 25.0. The highest BCUT2D eigenvalue weighted by molar-refractivity contribution is 14.0. The van der Waals surface area contributed by atoms with E-state index in [1.807, 2.05) is 13.0 Å². The number of alkyl halides is 3. The number of ether oxygens (including phenoxy) is 1. The molecule has 0 saturated carbocycles. The number of hydrogen-bond donors (Lipinski definition) is 1. The molecule has 1 aliphatic rings. The molecular weight excluding hydrogens is 524 g/mol. The van der Waals surface area contributed by atoms with Crippen LogP contribution in [0.25, 0.3) is 0 Å². The van der Waals surface area contributed by atoms with Gasteiger partial charge in [0.2, 0.25) is 5.95 Å². The summed E-state index contributed by atoms with van der Waals surface area (Å²) >= 11 is 0. The van der Waals surface area contributed by atoms with Gasteiger partial charge in [0.1, 0.15) is 5.75 Å². The van der Waals surface area contributed by atoms with E-state index in [0.29, 0.717) is 6.54 Å². The molecule has 7 nitrogen and oxygen atoms in total. The lowest BCUT2D eigenvalue weighted by Gasteiger charge is -2.36. The predicted molar refractivity (Wildman–Crippen MR) is 124 cm³/mol. The van der Waals surface area contributed by atoms with Crippen molar-refractivity contribution >= 4 is 35.9 Å². The van der Waals surface area contributed by atoms with Gasteiger partial charge in [-0.2, -0.15) is 13.2 Å². The van der Waals surface area contributed by atoms with Gasteiger partial charge in [-0.1, -0.05) is 12.1 Å². The summed E-state index contributed by atoms with van der Waals surface area (Å²) in [5, 5.41) is 3.28. The third-order valence-electron chi connectivity index (χ3n) is 4.46. The maximum Gasteiger partial charge on any atom is 0.422 e. The number of nitrogens with zero attached hydrogens (tertiary/aromatic N) is 5. The van der Waals surface area contributed by atoms with Gasteiger partial charge in [-0.3, -0.25) is 0 Å². The van der Waals surface area contributed by atoms with Crippen molar-refractivity contribution in [2.45, 2.75) is 19.6 Å². The molecule has 1 aromatic heterocycles. The van der Waals surface area contributed by atoms with Crippen molar-refractivity contribution < 1.29 is 17.9 Å². The Kier molecular flexibility index (Phi) is 9.59. The van der Waals surface area contributed by atoms with E-state index in [2.05, 4.69) is 30.1 Å². The van der Waals surface area contributed by atoms with Gasteiger partial charge in [0.25, 0.3) is 0 Å². The van der Waals surface area contributed by atoms with Crippen molar-refractivity contribution in [1.29, 1.82) is 0 Å². The van der Waals surface area contributed by atoms with E-state index in [1.54, 1.807) is 30.6 Å². The number of rotatable bonds is 6. The molecule has 1 N–H and O–H groups in total. The number of benzene rings is 1. The second-order valence-corrected chi connectivity index (χ2v) is 6.74. The van der Waals surface area contributed by atoms with Gasteiger partial charge in [0.15, 0.2) is 12.6 Å². The number of aliphatic imine (C=N–C) groups is 1. The molecule has 2 aromatic rings. The first-order valence-corrected chi connectivity index (χ1v) is 9.78. The molecule has 1 aromatic carbocycles. The Morgan fingerprint density at radius 2 is 1.84 bits per heavy atom. The van der Waals surface area contributed by atoms with Crippen LogP contribution in [-0.4, -0.2) is 66.3 Å². The lowest BCUT2D eigenvalue weighted by atomic mass is 10.2. The maximum atomic E-state index is 12.4. The fraction of sp³-hybridized carbons (Fsp3) is 0.450. The molecule has 3 rings (SSSR count). The minimum atomic E-state index is -4.36. The SMILES string of the molecule is CCNC(=NCc1cccc(OCC(F)(F)F)c1)N1CCN(c2ncccn2)CC1.I. The smallest absolute Gasteiger partial charge is 0.422 e. The zero-order chi connectivity index (χ0) is 21.4. The molecule has 0 atom stereocenters. The minimum Gasteiger partial charge on any atom is -0.484 e. The highest BCUT2D eigenvalue weighted by Crippen LogP contribution is 2.20. The summed E-state index contributed by atoms with van der Waals surface area (Å²) in [6.45, 7) is 4.82. The number of nitrogens with one attached hydrogen (secondary N) is 1. The van der Waals surface area contributed by atoms with Crippen molar-refractivity contribution in [1.82, 2.24) is 20.2 Å². The molecule has 31 heavy (non-hydrogen) atoms. The molecule has 0 spiro atoms. The molecule has 11 heteroatoms. The summed E-state index contributed by atoms with van der Waals surface area (Å²) in [7, 11) is 0. The molecule has 0 unspecified atom stereocenters. The number of hydrogen-bond acceptors (Lipinski definition) is 5. The van der Waals surface area contributed by atoms with Crippen molar-refractivity contribution in [2.75, 3.05) is 44.2 Å². The van der Waals surface area contributed by atoms with Crippen LogP contribution in [0.3, 0.4) is 0 Å². The summed E-state index contributed by atoms with van der Waals surface area (Å²) in [5.41, 5.74) is 0.779. The van der Waals surface area contributed by atoms with Crippen LogP contribution in [0.15, 0.2) is 47.7 Å². The first-order chi connectivity index (χ1) is 14.4. The highest BCUT2D eigenvalue weighted by atomic mass is 127. The van der Waals surface area contributed by atoms with Gasteiger partial charge < -0.3 is 19.9 Å². The average molecular weight is 550 g/mol. The molecule has 0 aliphatic carbocycles. The summed E-state index contributed by atoms with van der Waals surface area (Å²) in [4.78, 5) is 17.5. The number of anilines is 1. The number of halogens is 4. The van der Waals surface area contributed by atoms with Crippen molar-refractivity contribution in [3.05, 3.63) is 48.3 Å². The second-order valence-electron chi connectivity index (χ2n) is 6.74. The summed E-state index contributed by atoms with van der Waals surface area (Å²) in [6.07, 6.45) is -0.904. The third kappa shape index (κ3) is 8.04. The van der Waals surface area contributed by atoms with Crippen LogP contribution >= 0.6 is 24.0 Å². The van der Waals surface area contributed by atoms with E-state index in [4.69, 9.17) is 4.74 Å². The van der Waals surface area contributed by atoms with E-state index < -0.39 is 12.8 Å². The molecule has 1 saturated heterocycles. The lowest BCUT2D eigenvalue weighted by Crippen LogP contribution is -2.52. The molecule has 0 bridgehead atoms. The molecule has 170 valence electrons. The van der Waals surface area contributed by atoms with E-state index in [0.717, 1.165) is 50.2 Å². The van der Waals surface area contributed by atoms with E-state index >= 15 is 0 Å². The van der Waals surface area contributed by atoms with Crippen LogP contribution in [0, 0.1) is 0 Å². The maximum absolute atomic E-state index is 12.4. The lowest BCUT2D eigenvalue weighted by molar-refractivity contribution is -0.153. The van der Waals surface area contributed by atoms with Gasteiger partial charge in [-0.05, 0) is 30.7 Å². The van der Waals surface area contributed by atoms with Gasteiger partial charge in [0.05, 0.1) is 6.54 Å². The molecule has 2 heterocycles. The van der Waals surface area contributed by atoms with E-state index in [-0.39, 0.29) is 29.7 Å². The predicted octanol–water partition coefficient (Wildman–Crippen LogP) is 3.32. The van der Waals surface area contributed by atoms with Gasteiger partial charge in [-0.25, -0.2) is 15.0 Å². The third-order valence-corrected chi connectivity index (χ3v) is 4.46. The Balaban J connectivity index is 0.00000341. The summed E-state index contributed by atoms with van der Waals surface area (Å²) in [5.74, 6) is 1.67. The topological polar surface area (TPSA) is 65.9 Å². The Labute approximate surface area is 196 Å². The molecule has 1 fully saturated rings. The van der Waals surface area contributed by atoms with Crippen LogP contribution < -0.4 is 15.0 Å². The molecular formula is C20H26F3IN6O. The van der Waals surface area contributed by atoms with Crippen molar-refractivity contribution in [2.24, 2.45) is 4.99 Å². The zero-order valence-corrected chi connectivity index (χ0v) is 19.5. The molecule has 0 amide bonds. The normalized spacial score (nSPS) is 14.8. The highest BCUT2D eigenvalue weighted by Gasteiger charge is 2.28.